The molecule has 58 heavy (non-hydrogen) atoms. The Kier molecular flexibility index (Phi) is 8.43. The van der Waals surface area contributed by atoms with E-state index in [0.29, 0.717) is 66.6 Å². The summed E-state index contributed by atoms with van der Waals surface area (Å²) in [6.45, 7) is 3.18. The normalized spacial score (nSPS) is 13.2. The Labute approximate surface area is 328 Å². The van der Waals surface area contributed by atoms with E-state index in [0.717, 1.165) is 23.8 Å². The predicted molar refractivity (Wildman–Crippen MR) is 214 cm³/mol. The van der Waals surface area contributed by atoms with Crippen LogP contribution in [0.5, 0.6) is 0 Å². The minimum Gasteiger partial charge on any atom is -0.308 e. The van der Waals surface area contributed by atoms with E-state index in [4.69, 9.17) is 0 Å². The van der Waals surface area contributed by atoms with Gasteiger partial charge in [-0.15, -0.1) is 0 Å². The number of amides is 2. The molecule has 8 aromatic rings. The van der Waals surface area contributed by atoms with E-state index >= 15 is 0 Å². The average Bonchev–Trinajstić information content (AvgIpc) is 3.66. The summed E-state index contributed by atoms with van der Waals surface area (Å²) >= 11 is 0. The zero-order valence-electron chi connectivity index (χ0n) is 30.8. The highest BCUT2D eigenvalue weighted by atomic mass is 19.4. The number of halogens is 6. The molecule has 7 aromatic carbocycles. The first kappa shape index (κ1) is 36.7. The molecule has 0 radical (unpaired) electrons. The second-order valence-electron chi connectivity index (χ2n) is 14.4. The first-order chi connectivity index (χ1) is 27.7. The molecule has 10 heteroatoms. The second-order valence-corrected chi connectivity index (χ2v) is 14.4. The second kappa shape index (κ2) is 13.3. The van der Waals surface area contributed by atoms with E-state index < -0.39 is 35.3 Å². The molecule has 9 rings (SSSR count). The molecule has 4 nitrogen and oxygen atoms in total. The number of hydrogen-bond acceptors (Lipinski definition) is 2. The van der Waals surface area contributed by atoms with Gasteiger partial charge in [0.05, 0.1) is 44.7 Å². The minimum atomic E-state index is -4.64. The Bertz CT molecular complexity index is 3000. The highest BCUT2D eigenvalue weighted by Gasteiger charge is 2.40. The molecular weight excluding hydrogens is 751 g/mol. The zero-order valence-corrected chi connectivity index (χ0v) is 30.8. The topological polar surface area (TPSA) is 42.3 Å². The Morgan fingerprint density at radius 3 is 1.72 bits per heavy atom. The number of carbonyl (C=O) groups excluding carboxylic acids is 2. The van der Waals surface area contributed by atoms with Crippen LogP contribution in [0, 0.1) is 13.8 Å². The molecule has 0 spiro atoms. The van der Waals surface area contributed by atoms with Gasteiger partial charge in [-0.25, -0.2) is 4.90 Å². The van der Waals surface area contributed by atoms with Gasteiger partial charge in [0.1, 0.15) is 0 Å². The number of aryl methyl sites for hydroxylation is 2. The maximum atomic E-state index is 14.7. The van der Waals surface area contributed by atoms with Crippen molar-refractivity contribution in [2.24, 2.45) is 0 Å². The monoisotopic (exact) mass is 780 g/mol. The van der Waals surface area contributed by atoms with Crippen LogP contribution in [-0.2, 0) is 12.4 Å². The lowest BCUT2D eigenvalue weighted by atomic mass is 9.95. The summed E-state index contributed by atoms with van der Waals surface area (Å²) in [7, 11) is 0. The van der Waals surface area contributed by atoms with Crippen LogP contribution in [0.2, 0.25) is 0 Å². The maximum Gasteiger partial charge on any atom is 0.417 e. The fraction of sp³-hybridized carbons (Fsp3) is 0.0833. The summed E-state index contributed by atoms with van der Waals surface area (Å²) in [5, 5.41) is 1.11. The van der Waals surface area contributed by atoms with Crippen molar-refractivity contribution in [1.29, 1.82) is 0 Å². The van der Waals surface area contributed by atoms with Gasteiger partial charge < -0.3 is 4.57 Å². The molecule has 1 aliphatic heterocycles. The molecular formula is C48H30F6N2O2. The summed E-state index contributed by atoms with van der Waals surface area (Å²) in [4.78, 5) is 30.1. The van der Waals surface area contributed by atoms with Crippen molar-refractivity contribution < 1.29 is 35.9 Å². The Hall–Kier alpha value is -6.94. The van der Waals surface area contributed by atoms with Crippen LogP contribution in [-0.4, -0.2) is 16.4 Å². The molecule has 0 fully saturated rings. The molecule has 2 amide bonds. The summed E-state index contributed by atoms with van der Waals surface area (Å²) in [5.41, 5.74) is 4.38. The van der Waals surface area contributed by atoms with Crippen molar-refractivity contribution in [3.8, 4) is 39.1 Å². The number of rotatable bonds is 5. The molecule has 0 bridgehead atoms. The van der Waals surface area contributed by atoms with Gasteiger partial charge in [0.2, 0.25) is 0 Å². The van der Waals surface area contributed by atoms with Crippen LogP contribution in [0.4, 0.5) is 32.0 Å². The third-order valence-corrected chi connectivity index (χ3v) is 10.8. The predicted octanol–water partition coefficient (Wildman–Crippen LogP) is 13.2. The molecule has 0 unspecified atom stereocenters. The largest absolute Gasteiger partial charge is 0.417 e. The van der Waals surface area contributed by atoms with Crippen LogP contribution in [0.3, 0.4) is 0 Å². The third-order valence-electron chi connectivity index (χ3n) is 10.8. The maximum absolute atomic E-state index is 14.7. The van der Waals surface area contributed by atoms with Gasteiger partial charge in [-0.1, -0.05) is 90.5 Å². The van der Waals surface area contributed by atoms with Crippen molar-refractivity contribution in [1.82, 2.24) is 4.57 Å². The summed E-state index contributed by atoms with van der Waals surface area (Å²) in [6, 6.07) is 39.5. The van der Waals surface area contributed by atoms with Crippen molar-refractivity contribution in [2.45, 2.75) is 26.2 Å². The van der Waals surface area contributed by atoms with E-state index in [-0.39, 0.29) is 16.7 Å². The molecule has 0 aliphatic carbocycles. The van der Waals surface area contributed by atoms with Crippen molar-refractivity contribution >= 4 is 39.3 Å². The summed E-state index contributed by atoms with van der Waals surface area (Å²) in [6.07, 6.45) is -9.17. The van der Waals surface area contributed by atoms with E-state index in [2.05, 4.69) is 0 Å². The van der Waals surface area contributed by atoms with E-state index in [1.807, 2.05) is 47.0 Å². The quantitative estimate of drug-likeness (QED) is 0.129. The Balaban J connectivity index is 1.27. The van der Waals surface area contributed by atoms with Gasteiger partial charge in [-0.3, -0.25) is 9.59 Å². The summed E-state index contributed by atoms with van der Waals surface area (Å²) < 4.78 is 85.9. The van der Waals surface area contributed by atoms with Gasteiger partial charge in [0, 0.05) is 16.3 Å². The number of imide groups is 1. The van der Waals surface area contributed by atoms with Gasteiger partial charge in [0.25, 0.3) is 11.8 Å². The number of alkyl halides is 6. The molecule has 0 saturated heterocycles. The van der Waals surface area contributed by atoms with Crippen LogP contribution in [0.25, 0.3) is 60.9 Å². The molecule has 286 valence electrons. The van der Waals surface area contributed by atoms with Crippen LogP contribution in [0.1, 0.15) is 43.0 Å². The summed E-state index contributed by atoms with van der Waals surface area (Å²) in [5.74, 6) is -1.05. The fourth-order valence-electron chi connectivity index (χ4n) is 8.13. The fourth-order valence-corrected chi connectivity index (χ4v) is 8.13. The number of para-hydroxylation sites is 1. The van der Waals surface area contributed by atoms with E-state index in [1.54, 1.807) is 86.6 Å². The Morgan fingerprint density at radius 2 is 1.07 bits per heavy atom. The number of hydrogen-bond donors (Lipinski definition) is 0. The number of benzene rings is 7. The first-order valence-electron chi connectivity index (χ1n) is 18.3. The van der Waals surface area contributed by atoms with Gasteiger partial charge in [0.15, 0.2) is 0 Å². The average molecular weight is 781 g/mol. The number of aromatic nitrogens is 1. The lowest BCUT2D eigenvalue weighted by Gasteiger charge is -2.18. The third kappa shape index (κ3) is 5.95. The van der Waals surface area contributed by atoms with Crippen LogP contribution >= 0.6 is 0 Å². The molecule has 0 saturated carbocycles. The van der Waals surface area contributed by atoms with E-state index in [1.165, 1.54) is 17.0 Å². The minimum absolute atomic E-state index is 0.0234. The molecule has 0 atom stereocenters. The van der Waals surface area contributed by atoms with Crippen LogP contribution in [0.15, 0.2) is 146 Å². The highest BCUT2D eigenvalue weighted by molar-refractivity contribution is 6.36. The number of nitrogens with zero attached hydrogens (tertiary/aromatic N) is 2. The molecule has 0 N–H and O–H groups in total. The number of fused-ring (bicyclic) bond motifs is 4. The van der Waals surface area contributed by atoms with Gasteiger partial charge in [-0.2, -0.15) is 26.3 Å². The molecule has 2 heterocycles. The highest BCUT2D eigenvalue weighted by Crippen LogP contribution is 2.44. The lowest BCUT2D eigenvalue weighted by molar-refractivity contribution is -0.138. The molecule has 1 aromatic heterocycles. The first-order valence-corrected chi connectivity index (χ1v) is 18.3. The zero-order chi connectivity index (χ0) is 40.7. The lowest BCUT2D eigenvalue weighted by Crippen LogP contribution is -2.30. The Morgan fingerprint density at radius 1 is 0.466 bits per heavy atom. The van der Waals surface area contributed by atoms with Crippen LogP contribution < -0.4 is 4.90 Å². The SMILES string of the molecule is Cc1ccc(-c2ccc3c(c2)c2cc(-c4ccc(C(F)(F)F)cc4C)ccc2n3-c2cccc3c2C(=O)N(c2ccccc2-c2ccccc2)C3=O)c(C(F)(F)F)c1. The smallest absolute Gasteiger partial charge is 0.308 e. The standard InChI is InChI=1S/C48H30F6N2O2/c1-27-15-19-34(39(23-27)48(52,53)54)31-17-22-42-38(26-31)37-25-30(33-20-18-32(24-28(33)2)47(49,50)51)16-21-41(37)55(42)43-14-8-12-36-44(43)46(58)56(45(36)57)40-13-7-6-11-35(40)29-9-4-3-5-10-29/h3-26H,1-2H3. The van der Waals surface area contributed by atoms with Gasteiger partial charge in [-0.05, 0) is 108 Å². The number of carbonyl (C=O) groups is 2. The molecule has 1 aliphatic rings. The van der Waals surface area contributed by atoms with Crippen molar-refractivity contribution in [2.75, 3.05) is 4.90 Å². The number of anilines is 1. The van der Waals surface area contributed by atoms with Crippen molar-refractivity contribution in [3.05, 3.63) is 179 Å². The van der Waals surface area contributed by atoms with Crippen molar-refractivity contribution in [3.63, 3.8) is 0 Å². The van der Waals surface area contributed by atoms with Gasteiger partial charge >= 0.3 is 12.4 Å². The van der Waals surface area contributed by atoms with E-state index in [9.17, 15) is 35.9 Å².